The summed E-state index contributed by atoms with van der Waals surface area (Å²) in [6, 6.07) is 4.33. The highest BCUT2D eigenvalue weighted by Gasteiger charge is 2.33. The van der Waals surface area contributed by atoms with Gasteiger partial charge in [0.15, 0.2) is 0 Å². The molecule has 18 heavy (non-hydrogen) atoms. The first kappa shape index (κ1) is 12.0. The number of likely N-dealkylation sites (tertiary alicyclic amines) is 1. The van der Waals surface area contributed by atoms with Gasteiger partial charge in [-0.05, 0) is 18.6 Å². The number of hydrogen-bond donors (Lipinski definition) is 2. The van der Waals surface area contributed by atoms with Crippen molar-refractivity contribution in [3.8, 4) is 6.07 Å². The van der Waals surface area contributed by atoms with Crippen molar-refractivity contribution in [3.05, 3.63) is 23.7 Å². The zero-order chi connectivity index (χ0) is 13.1. The average molecular weight is 249 g/mol. The van der Waals surface area contributed by atoms with E-state index in [1.54, 1.807) is 6.07 Å². The van der Waals surface area contributed by atoms with Gasteiger partial charge in [-0.15, -0.1) is 0 Å². The molecule has 7 nitrogen and oxygen atoms in total. The van der Waals surface area contributed by atoms with E-state index in [-0.39, 0.29) is 18.2 Å². The molecule has 1 aliphatic rings. The summed E-state index contributed by atoms with van der Waals surface area (Å²) >= 11 is 0. The second-order valence-corrected chi connectivity index (χ2v) is 3.93. The molecule has 1 unspecified atom stereocenters. The van der Waals surface area contributed by atoms with Crippen LogP contribution in [0.5, 0.6) is 0 Å². The van der Waals surface area contributed by atoms with Crippen LogP contribution in [0.2, 0.25) is 0 Å². The summed E-state index contributed by atoms with van der Waals surface area (Å²) in [5.41, 5.74) is 0. The monoisotopic (exact) mass is 249 g/mol. The maximum absolute atomic E-state index is 11.8. The smallest absolute Gasteiger partial charge is 0.405 e. The van der Waals surface area contributed by atoms with E-state index in [9.17, 15) is 9.59 Å². The fourth-order valence-electron chi connectivity index (χ4n) is 1.89. The molecule has 0 saturated carbocycles. The second kappa shape index (κ2) is 4.79. The van der Waals surface area contributed by atoms with Crippen LogP contribution in [0.15, 0.2) is 16.5 Å². The minimum atomic E-state index is -1.21. The van der Waals surface area contributed by atoms with E-state index < -0.39 is 12.1 Å². The highest BCUT2D eigenvalue weighted by atomic mass is 16.4. The molecule has 2 amide bonds. The Labute approximate surface area is 103 Å². The Kier molecular flexibility index (Phi) is 3.19. The minimum Gasteiger partial charge on any atom is -0.465 e. The summed E-state index contributed by atoms with van der Waals surface area (Å²) in [6.07, 6.45) is -0.767. The van der Waals surface area contributed by atoms with E-state index in [0.717, 1.165) is 0 Å². The Balaban J connectivity index is 1.97. The Morgan fingerprint density at radius 1 is 1.67 bits per heavy atom. The van der Waals surface area contributed by atoms with E-state index in [1.165, 1.54) is 11.0 Å². The van der Waals surface area contributed by atoms with Crippen LogP contribution < -0.4 is 5.32 Å². The SMILES string of the molecule is N#Cc1ccc(CN2CCC(NC(=O)O)C2=O)o1. The van der Waals surface area contributed by atoms with Gasteiger partial charge < -0.3 is 19.7 Å². The second-order valence-electron chi connectivity index (χ2n) is 3.93. The van der Waals surface area contributed by atoms with Crippen molar-refractivity contribution in [2.75, 3.05) is 6.54 Å². The summed E-state index contributed by atoms with van der Waals surface area (Å²) in [4.78, 5) is 23.8. The third kappa shape index (κ3) is 2.43. The molecule has 1 saturated heterocycles. The lowest BCUT2D eigenvalue weighted by atomic mass is 10.2. The number of rotatable bonds is 3. The Morgan fingerprint density at radius 3 is 3.06 bits per heavy atom. The maximum atomic E-state index is 11.8. The van der Waals surface area contributed by atoms with Gasteiger partial charge in [0.2, 0.25) is 11.7 Å². The summed E-state index contributed by atoms with van der Waals surface area (Å²) in [5, 5.41) is 19.3. The van der Waals surface area contributed by atoms with Crippen molar-refractivity contribution in [1.29, 1.82) is 5.26 Å². The van der Waals surface area contributed by atoms with Crippen LogP contribution in [-0.4, -0.2) is 34.6 Å². The molecule has 2 heterocycles. The largest absolute Gasteiger partial charge is 0.465 e. The number of nitrogens with one attached hydrogen (secondary N) is 1. The van der Waals surface area contributed by atoms with Crippen molar-refractivity contribution in [2.24, 2.45) is 0 Å². The normalized spacial score (nSPS) is 18.7. The lowest BCUT2D eigenvalue weighted by Crippen LogP contribution is -2.40. The standard InChI is InChI=1S/C11H11N3O4/c12-5-7-1-2-8(18-7)6-14-4-3-9(10(14)15)13-11(16)17/h1-2,9,13H,3-4,6H2,(H,16,17). The third-order valence-corrected chi connectivity index (χ3v) is 2.71. The molecule has 7 heteroatoms. The van der Waals surface area contributed by atoms with Crippen molar-refractivity contribution in [1.82, 2.24) is 10.2 Å². The molecule has 1 aromatic rings. The summed E-state index contributed by atoms with van der Waals surface area (Å²) in [6.45, 7) is 0.713. The first-order chi connectivity index (χ1) is 8.60. The summed E-state index contributed by atoms with van der Waals surface area (Å²) < 4.78 is 5.17. The van der Waals surface area contributed by atoms with Gasteiger partial charge in [-0.2, -0.15) is 5.26 Å². The van der Waals surface area contributed by atoms with Gasteiger partial charge in [0, 0.05) is 6.54 Å². The molecule has 1 aliphatic heterocycles. The predicted molar refractivity (Wildman–Crippen MR) is 58.4 cm³/mol. The van der Waals surface area contributed by atoms with E-state index in [4.69, 9.17) is 14.8 Å². The fraction of sp³-hybridized carbons (Fsp3) is 0.364. The average Bonchev–Trinajstić information content (AvgIpc) is 2.90. The van der Waals surface area contributed by atoms with Crippen LogP contribution in [-0.2, 0) is 11.3 Å². The van der Waals surface area contributed by atoms with Gasteiger partial charge in [-0.3, -0.25) is 4.79 Å². The van der Waals surface area contributed by atoms with Gasteiger partial charge >= 0.3 is 6.09 Å². The van der Waals surface area contributed by atoms with Crippen molar-refractivity contribution >= 4 is 12.0 Å². The van der Waals surface area contributed by atoms with Gasteiger partial charge in [-0.1, -0.05) is 0 Å². The Bertz CT molecular complexity index is 517. The first-order valence-corrected chi connectivity index (χ1v) is 5.37. The highest BCUT2D eigenvalue weighted by molar-refractivity contribution is 5.87. The predicted octanol–water partition coefficient (Wildman–Crippen LogP) is 0.520. The van der Waals surface area contributed by atoms with E-state index in [1.807, 2.05) is 6.07 Å². The van der Waals surface area contributed by atoms with E-state index in [2.05, 4.69) is 5.32 Å². The maximum Gasteiger partial charge on any atom is 0.405 e. The number of nitriles is 1. The van der Waals surface area contributed by atoms with Crippen LogP contribution >= 0.6 is 0 Å². The Morgan fingerprint density at radius 2 is 2.44 bits per heavy atom. The highest BCUT2D eigenvalue weighted by Crippen LogP contribution is 2.16. The number of nitrogens with zero attached hydrogens (tertiary/aromatic N) is 2. The molecule has 0 aromatic carbocycles. The number of carbonyl (C=O) groups excluding carboxylic acids is 1. The first-order valence-electron chi connectivity index (χ1n) is 5.37. The number of hydrogen-bond acceptors (Lipinski definition) is 4. The summed E-state index contributed by atoms with van der Waals surface area (Å²) in [5.74, 6) is 0.431. The van der Waals surface area contributed by atoms with Crippen LogP contribution in [0.25, 0.3) is 0 Å². The fourth-order valence-corrected chi connectivity index (χ4v) is 1.89. The van der Waals surface area contributed by atoms with Crippen LogP contribution in [0.3, 0.4) is 0 Å². The van der Waals surface area contributed by atoms with Crippen molar-refractivity contribution < 1.29 is 19.1 Å². The molecule has 0 bridgehead atoms. The quantitative estimate of drug-likeness (QED) is 0.812. The topological polar surface area (TPSA) is 107 Å². The third-order valence-electron chi connectivity index (χ3n) is 2.71. The lowest BCUT2D eigenvalue weighted by Gasteiger charge is -2.14. The summed E-state index contributed by atoms with van der Waals surface area (Å²) in [7, 11) is 0. The van der Waals surface area contributed by atoms with E-state index in [0.29, 0.717) is 18.7 Å². The molecular weight excluding hydrogens is 238 g/mol. The van der Waals surface area contributed by atoms with Crippen LogP contribution in [0, 0.1) is 11.3 Å². The van der Waals surface area contributed by atoms with Gasteiger partial charge in [0.1, 0.15) is 17.9 Å². The van der Waals surface area contributed by atoms with Crippen molar-refractivity contribution in [3.63, 3.8) is 0 Å². The number of carboxylic acid groups (broad SMARTS) is 1. The zero-order valence-corrected chi connectivity index (χ0v) is 9.42. The molecule has 2 N–H and O–H groups in total. The van der Waals surface area contributed by atoms with Crippen LogP contribution in [0.1, 0.15) is 17.9 Å². The zero-order valence-electron chi connectivity index (χ0n) is 9.42. The molecular formula is C11H11N3O4. The van der Waals surface area contributed by atoms with Crippen molar-refractivity contribution in [2.45, 2.75) is 19.0 Å². The molecule has 1 atom stereocenters. The molecule has 0 radical (unpaired) electrons. The molecule has 0 spiro atoms. The van der Waals surface area contributed by atoms with Gasteiger partial charge in [0.25, 0.3) is 0 Å². The van der Waals surface area contributed by atoms with Crippen LogP contribution in [0.4, 0.5) is 4.79 Å². The number of amides is 2. The molecule has 1 aromatic heterocycles. The Hall–Kier alpha value is -2.49. The molecule has 2 rings (SSSR count). The van der Waals surface area contributed by atoms with E-state index >= 15 is 0 Å². The molecule has 1 fully saturated rings. The molecule has 94 valence electrons. The number of carbonyl (C=O) groups is 2. The lowest BCUT2D eigenvalue weighted by molar-refractivity contribution is -0.130. The molecule has 0 aliphatic carbocycles. The number of furan rings is 1. The minimum absolute atomic E-state index is 0.192. The van der Waals surface area contributed by atoms with Gasteiger partial charge in [-0.25, -0.2) is 4.79 Å². The van der Waals surface area contributed by atoms with Gasteiger partial charge in [0.05, 0.1) is 6.54 Å².